The number of hydrogen-bond donors (Lipinski definition) is 0. The molecular formula is C11H8FN. The maximum absolute atomic E-state index is 12.6. The Morgan fingerprint density at radius 2 is 1.31 bits per heavy atom. The molecule has 0 fully saturated rings. The molecule has 0 amide bonds. The van der Waals surface area contributed by atoms with Crippen LogP contribution in [0.15, 0.2) is 48.8 Å². The van der Waals surface area contributed by atoms with Gasteiger partial charge >= 0.3 is 0 Å². The summed E-state index contributed by atoms with van der Waals surface area (Å²) in [7, 11) is 0. The van der Waals surface area contributed by atoms with Gasteiger partial charge in [-0.05, 0) is 35.4 Å². The number of rotatable bonds is 1. The molecule has 1 aromatic carbocycles. The first-order valence-corrected chi connectivity index (χ1v) is 4.02. The van der Waals surface area contributed by atoms with Gasteiger partial charge in [0, 0.05) is 12.4 Å². The topological polar surface area (TPSA) is 12.9 Å². The summed E-state index contributed by atoms with van der Waals surface area (Å²) in [6, 6.07) is 10.2. The van der Waals surface area contributed by atoms with Crippen LogP contribution in [-0.4, -0.2) is 4.98 Å². The average Bonchev–Trinajstić information content (AvgIpc) is 2.20. The number of benzene rings is 1. The first kappa shape index (κ1) is 7.92. The van der Waals surface area contributed by atoms with Crippen LogP contribution in [0.25, 0.3) is 11.1 Å². The van der Waals surface area contributed by atoms with E-state index in [0.29, 0.717) is 0 Å². The highest BCUT2D eigenvalue weighted by molar-refractivity contribution is 5.62. The Labute approximate surface area is 75.9 Å². The maximum atomic E-state index is 12.6. The van der Waals surface area contributed by atoms with E-state index in [1.54, 1.807) is 24.5 Å². The van der Waals surface area contributed by atoms with Crippen LogP contribution in [0.2, 0.25) is 0 Å². The number of pyridine rings is 1. The number of aromatic nitrogens is 1. The second-order valence-corrected chi connectivity index (χ2v) is 2.74. The molecule has 2 aromatic rings. The minimum atomic E-state index is -0.210. The van der Waals surface area contributed by atoms with E-state index in [1.807, 2.05) is 12.1 Å². The number of halogens is 1. The van der Waals surface area contributed by atoms with Crippen LogP contribution in [0.1, 0.15) is 0 Å². The molecule has 2 heteroatoms. The lowest BCUT2D eigenvalue weighted by Gasteiger charge is -1.99. The molecule has 1 nitrogen and oxygen atoms in total. The molecule has 1 heterocycles. The van der Waals surface area contributed by atoms with Crippen molar-refractivity contribution in [1.29, 1.82) is 0 Å². The first-order valence-electron chi connectivity index (χ1n) is 4.02. The molecule has 0 saturated carbocycles. The van der Waals surface area contributed by atoms with Crippen LogP contribution < -0.4 is 0 Å². The molecule has 0 atom stereocenters. The molecule has 0 bridgehead atoms. The quantitative estimate of drug-likeness (QED) is 0.646. The second-order valence-electron chi connectivity index (χ2n) is 2.74. The van der Waals surface area contributed by atoms with E-state index in [2.05, 4.69) is 4.98 Å². The highest BCUT2D eigenvalue weighted by Crippen LogP contribution is 2.17. The van der Waals surface area contributed by atoms with Gasteiger partial charge in [0.2, 0.25) is 0 Å². The van der Waals surface area contributed by atoms with Gasteiger partial charge in [0.05, 0.1) is 0 Å². The Balaban J connectivity index is 2.42. The third-order valence-electron chi connectivity index (χ3n) is 1.86. The van der Waals surface area contributed by atoms with Crippen LogP contribution >= 0.6 is 0 Å². The molecule has 0 aliphatic rings. The molecule has 0 spiro atoms. The zero-order valence-corrected chi connectivity index (χ0v) is 6.94. The Morgan fingerprint density at radius 1 is 0.769 bits per heavy atom. The summed E-state index contributed by atoms with van der Waals surface area (Å²) in [5, 5.41) is 0. The van der Waals surface area contributed by atoms with Gasteiger partial charge in [-0.2, -0.15) is 0 Å². The van der Waals surface area contributed by atoms with E-state index in [9.17, 15) is 4.39 Å². The van der Waals surface area contributed by atoms with Crippen LogP contribution in [0.5, 0.6) is 0 Å². The lowest BCUT2D eigenvalue weighted by molar-refractivity contribution is 0.628. The van der Waals surface area contributed by atoms with Gasteiger partial charge in [-0.1, -0.05) is 12.1 Å². The van der Waals surface area contributed by atoms with E-state index in [1.165, 1.54) is 12.1 Å². The van der Waals surface area contributed by atoms with Crippen molar-refractivity contribution < 1.29 is 4.39 Å². The van der Waals surface area contributed by atoms with Crippen molar-refractivity contribution in [2.24, 2.45) is 0 Å². The van der Waals surface area contributed by atoms with E-state index in [0.717, 1.165) is 11.1 Å². The summed E-state index contributed by atoms with van der Waals surface area (Å²) in [5.74, 6) is -0.210. The van der Waals surface area contributed by atoms with Crippen molar-refractivity contribution in [3.63, 3.8) is 0 Å². The standard InChI is InChI=1S/C11H8FN/c12-11-3-1-9(2-4-11)10-5-7-13-8-6-10/h1-8H. The summed E-state index contributed by atoms with van der Waals surface area (Å²) >= 11 is 0. The van der Waals surface area contributed by atoms with Gasteiger partial charge in [0.1, 0.15) is 5.82 Å². The lowest BCUT2D eigenvalue weighted by Crippen LogP contribution is -1.78. The SMILES string of the molecule is Fc1ccc(-c2ccncc2)cc1. The Hall–Kier alpha value is -1.70. The van der Waals surface area contributed by atoms with E-state index in [4.69, 9.17) is 0 Å². The monoisotopic (exact) mass is 173 g/mol. The zero-order chi connectivity index (χ0) is 9.10. The van der Waals surface area contributed by atoms with Gasteiger partial charge in [0.15, 0.2) is 0 Å². The Bertz CT molecular complexity index is 381. The highest BCUT2D eigenvalue weighted by Gasteiger charge is 1.95. The minimum absolute atomic E-state index is 0.210. The summed E-state index contributed by atoms with van der Waals surface area (Å²) < 4.78 is 12.6. The van der Waals surface area contributed by atoms with E-state index in [-0.39, 0.29) is 5.82 Å². The summed E-state index contributed by atoms with van der Waals surface area (Å²) in [5.41, 5.74) is 2.05. The normalized spacial score (nSPS) is 9.92. The highest BCUT2D eigenvalue weighted by atomic mass is 19.1. The molecule has 0 aliphatic heterocycles. The van der Waals surface area contributed by atoms with Crippen LogP contribution in [-0.2, 0) is 0 Å². The third kappa shape index (κ3) is 1.72. The second kappa shape index (κ2) is 3.35. The molecule has 64 valence electrons. The predicted molar refractivity (Wildman–Crippen MR) is 49.6 cm³/mol. The van der Waals surface area contributed by atoms with E-state index >= 15 is 0 Å². The van der Waals surface area contributed by atoms with Crippen LogP contribution in [0.4, 0.5) is 4.39 Å². The summed E-state index contributed by atoms with van der Waals surface area (Å²) in [6.45, 7) is 0. The van der Waals surface area contributed by atoms with E-state index < -0.39 is 0 Å². The van der Waals surface area contributed by atoms with Gasteiger partial charge < -0.3 is 0 Å². The fraction of sp³-hybridized carbons (Fsp3) is 0. The molecule has 1 aromatic heterocycles. The first-order chi connectivity index (χ1) is 6.36. The fourth-order valence-electron chi connectivity index (χ4n) is 1.19. The Morgan fingerprint density at radius 3 is 1.92 bits per heavy atom. The van der Waals surface area contributed by atoms with Crippen molar-refractivity contribution in [3.8, 4) is 11.1 Å². The molecule has 0 radical (unpaired) electrons. The van der Waals surface area contributed by atoms with Gasteiger partial charge in [0.25, 0.3) is 0 Å². The fourth-order valence-corrected chi connectivity index (χ4v) is 1.19. The third-order valence-corrected chi connectivity index (χ3v) is 1.86. The average molecular weight is 173 g/mol. The smallest absolute Gasteiger partial charge is 0.123 e. The maximum Gasteiger partial charge on any atom is 0.123 e. The van der Waals surface area contributed by atoms with Crippen LogP contribution in [0, 0.1) is 5.82 Å². The van der Waals surface area contributed by atoms with Gasteiger partial charge in [-0.3, -0.25) is 4.98 Å². The molecule has 0 N–H and O–H groups in total. The molecule has 2 rings (SSSR count). The molecular weight excluding hydrogens is 165 g/mol. The summed E-state index contributed by atoms with van der Waals surface area (Å²) in [4.78, 5) is 3.91. The molecule has 0 saturated heterocycles. The van der Waals surface area contributed by atoms with Crippen LogP contribution in [0.3, 0.4) is 0 Å². The lowest BCUT2D eigenvalue weighted by atomic mass is 10.1. The van der Waals surface area contributed by atoms with Crippen molar-refractivity contribution in [1.82, 2.24) is 4.98 Å². The van der Waals surface area contributed by atoms with Gasteiger partial charge in [-0.25, -0.2) is 4.39 Å². The minimum Gasteiger partial charge on any atom is -0.265 e. The van der Waals surface area contributed by atoms with Crippen molar-refractivity contribution in [2.45, 2.75) is 0 Å². The molecule has 0 aliphatic carbocycles. The predicted octanol–water partition coefficient (Wildman–Crippen LogP) is 2.89. The van der Waals surface area contributed by atoms with Crippen molar-refractivity contribution in [2.75, 3.05) is 0 Å². The number of hydrogen-bond acceptors (Lipinski definition) is 1. The van der Waals surface area contributed by atoms with Crippen molar-refractivity contribution in [3.05, 3.63) is 54.6 Å². The zero-order valence-electron chi connectivity index (χ0n) is 6.94. The Kier molecular flexibility index (Phi) is 2.04. The summed E-state index contributed by atoms with van der Waals surface area (Å²) in [6.07, 6.45) is 3.44. The molecule has 13 heavy (non-hydrogen) atoms. The van der Waals surface area contributed by atoms with Crippen molar-refractivity contribution >= 4 is 0 Å². The largest absolute Gasteiger partial charge is 0.265 e. The van der Waals surface area contributed by atoms with Gasteiger partial charge in [-0.15, -0.1) is 0 Å². The number of nitrogens with zero attached hydrogens (tertiary/aromatic N) is 1. The molecule has 0 unspecified atom stereocenters.